The second kappa shape index (κ2) is 7.16. The molecule has 0 spiro atoms. The Labute approximate surface area is 116 Å². The van der Waals surface area contributed by atoms with Gasteiger partial charge in [0.1, 0.15) is 0 Å². The maximum absolute atomic E-state index is 13.1. The average molecular weight is 283 g/mol. The van der Waals surface area contributed by atoms with Crippen molar-refractivity contribution in [3.8, 4) is 0 Å². The Hall–Kier alpha value is -1.73. The zero-order chi connectivity index (χ0) is 14.4. The van der Waals surface area contributed by atoms with Crippen LogP contribution >= 0.6 is 0 Å². The highest BCUT2D eigenvalue weighted by Gasteiger charge is 2.08. The van der Waals surface area contributed by atoms with Gasteiger partial charge in [-0.1, -0.05) is 0 Å². The van der Waals surface area contributed by atoms with Crippen LogP contribution in [0.4, 0.5) is 14.7 Å². The summed E-state index contributed by atoms with van der Waals surface area (Å²) in [6.45, 7) is 3.50. The highest BCUT2D eigenvalue weighted by Crippen LogP contribution is 2.18. The van der Waals surface area contributed by atoms with Crippen LogP contribution in [-0.2, 0) is 0 Å². The Kier molecular flexibility index (Phi) is 5.25. The average Bonchev–Trinajstić information content (AvgIpc) is 2.80. The van der Waals surface area contributed by atoms with Crippen molar-refractivity contribution in [2.24, 2.45) is 0 Å². The number of imidazole rings is 1. The van der Waals surface area contributed by atoms with Crippen LogP contribution in [0, 0.1) is 11.6 Å². The first-order valence-electron chi connectivity index (χ1n) is 6.64. The predicted molar refractivity (Wildman–Crippen MR) is 75.9 cm³/mol. The number of nitrogens with one attached hydrogen (secondary N) is 4. The fraction of sp³-hybridized carbons (Fsp3) is 0.462. The summed E-state index contributed by atoms with van der Waals surface area (Å²) in [6.07, 6.45) is 0.934. The third kappa shape index (κ3) is 3.88. The van der Waals surface area contributed by atoms with Crippen LogP contribution in [0.5, 0.6) is 0 Å². The third-order valence-corrected chi connectivity index (χ3v) is 2.90. The fourth-order valence-electron chi connectivity index (χ4n) is 1.85. The molecule has 1 heterocycles. The molecule has 110 valence electrons. The van der Waals surface area contributed by atoms with Crippen LogP contribution in [0.15, 0.2) is 12.1 Å². The van der Waals surface area contributed by atoms with E-state index in [0.29, 0.717) is 17.0 Å². The lowest BCUT2D eigenvalue weighted by atomic mass is 10.3. The molecular formula is C13H19F2N5. The van der Waals surface area contributed by atoms with Gasteiger partial charge in [0.05, 0.1) is 11.0 Å². The quantitative estimate of drug-likeness (QED) is 0.554. The maximum Gasteiger partial charge on any atom is 0.201 e. The molecule has 0 saturated carbocycles. The van der Waals surface area contributed by atoms with Gasteiger partial charge in [0.15, 0.2) is 11.6 Å². The molecular weight excluding hydrogens is 264 g/mol. The Bertz CT molecular complexity index is 516. The molecule has 0 unspecified atom stereocenters. The number of likely N-dealkylation sites (N-methyl/N-ethyl adjacent to an activating group) is 1. The number of hydrogen-bond acceptors (Lipinski definition) is 4. The van der Waals surface area contributed by atoms with Crippen LogP contribution in [0.25, 0.3) is 11.0 Å². The molecule has 0 radical (unpaired) electrons. The highest BCUT2D eigenvalue weighted by atomic mass is 19.2. The van der Waals surface area contributed by atoms with E-state index in [1.54, 1.807) is 0 Å². The van der Waals surface area contributed by atoms with Gasteiger partial charge in [0.25, 0.3) is 0 Å². The van der Waals surface area contributed by atoms with Crippen LogP contribution in [0.3, 0.4) is 0 Å². The third-order valence-electron chi connectivity index (χ3n) is 2.90. The van der Waals surface area contributed by atoms with Crippen molar-refractivity contribution in [2.75, 3.05) is 38.5 Å². The van der Waals surface area contributed by atoms with E-state index in [4.69, 9.17) is 0 Å². The molecule has 4 N–H and O–H groups in total. The van der Waals surface area contributed by atoms with E-state index in [0.717, 1.165) is 44.7 Å². The van der Waals surface area contributed by atoms with Crippen molar-refractivity contribution in [3.05, 3.63) is 23.8 Å². The topological polar surface area (TPSA) is 64.8 Å². The van der Waals surface area contributed by atoms with Crippen molar-refractivity contribution >= 4 is 17.0 Å². The van der Waals surface area contributed by atoms with Crippen LogP contribution in [0.1, 0.15) is 6.42 Å². The summed E-state index contributed by atoms with van der Waals surface area (Å²) in [5, 5.41) is 9.43. The summed E-state index contributed by atoms with van der Waals surface area (Å²) in [5.41, 5.74) is 0.900. The fourth-order valence-corrected chi connectivity index (χ4v) is 1.85. The molecule has 0 aliphatic heterocycles. The van der Waals surface area contributed by atoms with Crippen molar-refractivity contribution in [1.82, 2.24) is 20.6 Å². The van der Waals surface area contributed by atoms with Gasteiger partial charge in [-0.25, -0.2) is 13.8 Å². The Balaban J connectivity index is 1.79. The Morgan fingerprint density at radius 3 is 2.70 bits per heavy atom. The normalized spacial score (nSPS) is 11.2. The molecule has 0 atom stereocenters. The zero-order valence-corrected chi connectivity index (χ0v) is 11.4. The van der Waals surface area contributed by atoms with Crippen molar-refractivity contribution in [3.63, 3.8) is 0 Å². The molecule has 0 fully saturated rings. The number of hydrogen-bond donors (Lipinski definition) is 4. The molecule has 0 bridgehead atoms. The molecule has 1 aromatic carbocycles. The van der Waals surface area contributed by atoms with Crippen LogP contribution < -0.4 is 16.0 Å². The molecule has 7 heteroatoms. The summed E-state index contributed by atoms with van der Waals surface area (Å²) < 4.78 is 26.1. The smallest absolute Gasteiger partial charge is 0.201 e. The molecule has 1 aromatic heterocycles. The monoisotopic (exact) mass is 283 g/mol. The van der Waals surface area contributed by atoms with Crippen molar-refractivity contribution in [2.45, 2.75) is 6.42 Å². The van der Waals surface area contributed by atoms with E-state index in [1.165, 1.54) is 0 Å². The molecule has 20 heavy (non-hydrogen) atoms. The lowest BCUT2D eigenvalue weighted by Crippen LogP contribution is -2.26. The number of halogens is 2. The number of fused-ring (bicyclic) bond motifs is 1. The molecule has 0 aliphatic rings. The summed E-state index contributed by atoms with van der Waals surface area (Å²) in [7, 11) is 1.91. The lowest BCUT2D eigenvalue weighted by Gasteiger charge is -2.04. The second-order valence-corrected chi connectivity index (χ2v) is 4.50. The van der Waals surface area contributed by atoms with E-state index in [1.807, 2.05) is 7.05 Å². The molecule has 2 aromatic rings. The Morgan fingerprint density at radius 1 is 1.10 bits per heavy atom. The Morgan fingerprint density at radius 2 is 1.90 bits per heavy atom. The number of aromatic nitrogens is 2. The van der Waals surface area contributed by atoms with Gasteiger partial charge in [-0.05, 0) is 20.0 Å². The minimum absolute atomic E-state index is 0.415. The van der Waals surface area contributed by atoms with Gasteiger partial charge < -0.3 is 20.9 Å². The van der Waals surface area contributed by atoms with Crippen molar-refractivity contribution < 1.29 is 8.78 Å². The van der Waals surface area contributed by atoms with Gasteiger partial charge in [0.2, 0.25) is 5.95 Å². The van der Waals surface area contributed by atoms with Gasteiger partial charge in [0, 0.05) is 31.8 Å². The van der Waals surface area contributed by atoms with Crippen LogP contribution in [-0.4, -0.2) is 43.2 Å². The minimum atomic E-state index is -0.885. The number of anilines is 1. The standard InChI is InChI=1S/C13H19F2N5/c1-16-5-6-17-3-2-4-18-13-19-11-7-9(14)10(15)8-12(11)20-13/h7-8,16-17H,2-6H2,1H3,(H2,18,19,20). The number of rotatable bonds is 8. The number of aromatic amines is 1. The summed E-state index contributed by atoms with van der Waals surface area (Å²) in [4.78, 5) is 7.07. The summed E-state index contributed by atoms with van der Waals surface area (Å²) >= 11 is 0. The largest absolute Gasteiger partial charge is 0.356 e. The van der Waals surface area contributed by atoms with Crippen molar-refractivity contribution in [1.29, 1.82) is 0 Å². The van der Waals surface area contributed by atoms with Gasteiger partial charge in [-0.15, -0.1) is 0 Å². The minimum Gasteiger partial charge on any atom is -0.356 e. The maximum atomic E-state index is 13.1. The SMILES string of the molecule is CNCCNCCCNc1nc2cc(F)c(F)cc2[nH]1. The summed E-state index contributed by atoms with van der Waals surface area (Å²) in [6, 6.07) is 2.20. The van der Waals surface area contributed by atoms with Crippen LogP contribution in [0.2, 0.25) is 0 Å². The molecule has 0 saturated heterocycles. The zero-order valence-electron chi connectivity index (χ0n) is 11.4. The highest BCUT2D eigenvalue weighted by molar-refractivity contribution is 5.77. The number of H-pyrrole nitrogens is 1. The predicted octanol–water partition coefficient (Wildman–Crippen LogP) is 1.45. The first-order chi connectivity index (χ1) is 9.70. The van der Waals surface area contributed by atoms with Gasteiger partial charge in [-0.3, -0.25) is 0 Å². The van der Waals surface area contributed by atoms with Gasteiger partial charge >= 0.3 is 0 Å². The summed E-state index contributed by atoms with van der Waals surface area (Å²) in [5.74, 6) is -1.23. The van der Waals surface area contributed by atoms with E-state index >= 15 is 0 Å². The molecule has 5 nitrogen and oxygen atoms in total. The molecule has 0 amide bonds. The number of nitrogens with zero attached hydrogens (tertiary/aromatic N) is 1. The molecule has 2 rings (SSSR count). The first kappa shape index (κ1) is 14.7. The van der Waals surface area contributed by atoms with E-state index in [9.17, 15) is 8.78 Å². The van der Waals surface area contributed by atoms with E-state index in [-0.39, 0.29) is 0 Å². The second-order valence-electron chi connectivity index (χ2n) is 4.50. The molecule has 0 aliphatic carbocycles. The first-order valence-corrected chi connectivity index (χ1v) is 6.64. The lowest BCUT2D eigenvalue weighted by molar-refractivity contribution is 0.510. The van der Waals surface area contributed by atoms with Gasteiger partial charge in [-0.2, -0.15) is 0 Å². The van der Waals surface area contributed by atoms with E-state index in [2.05, 4.69) is 25.9 Å². The van der Waals surface area contributed by atoms with E-state index < -0.39 is 11.6 Å². The number of benzene rings is 1.